The van der Waals surface area contributed by atoms with Crippen molar-refractivity contribution in [3.63, 3.8) is 0 Å². The number of nitrogens with zero attached hydrogens (tertiary/aromatic N) is 1. The number of carbonyl (C=O) groups is 1. The van der Waals surface area contributed by atoms with Gasteiger partial charge in [0.1, 0.15) is 0 Å². The maximum absolute atomic E-state index is 13.0. The molecule has 33 heavy (non-hydrogen) atoms. The van der Waals surface area contributed by atoms with E-state index in [9.17, 15) is 13.2 Å². The van der Waals surface area contributed by atoms with E-state index >= 15 is 0 Å². The topological polar surface area (TPSA) is 75.7 Å². The minimum absolute atomic E-state index is 0.0618. The molecule has 2 aromatic rings. The number of sulfonamides is 1. The smallest absolute Gasteiger partial charge is 0.256 e. The SMILES string of the molecule is CN(C1CCCCC1)S(=O)(=O)c1ccc(NC(=O)c2ccccc2SCC2CCCO2)cc1. The molecule has 2 fully saturated rings. The quantitative estimate of drug-likeness (QED) is 0.519. The highest BCUT2D eigenvalue weighted by Gasteiger charge is 2.29. The highest BCUT2D eigenvalue weighted by molar-refractivity contribution is 7.99. The van der Waals surface area contributed by atoms with Crippen LogP contribution in [0, 0.1) is 0 Å². The molecule has 1 N–H and O–H groups in total. The van der Waals surface area contributed by atoms with Crippen LogP contribution < -0.4 is 5.32 Å². The highest BCUT2D eigenvalue weighted by atomic mass is 32.2. The number of hydrogen-bond acceptors (Lipinski definition) is 5. The van der Waals surface area contributed by atoms with Crippen molar-refractivity contribution in [1.82, 2.24) is 4.31 Å². The number of anilines is 1. The van der Waals surface area contributed by atoms with Gasteiger partial charge in [0.05, 0.1) is 16.6 Å². The Bertz CT molecular complexity index is 1040. The van der Waals surface area contributed by atoms with Crippen molar-refractivity contribution in [1.29, 1.82) is 0 Å². The van der Waals surface area contributed by atoms with Crippen LogP contribution in [0.3, 0.4) is 0 Å². The number of rotatable bonds is 8. The Balaban J connectivity index is 1.41. The van der Waals surface area contributed by atoms with Gasteiger partial charge in [0.15, 0.2) is 0 Å². The van der Waals surface area contributed by atoms with Crippen molar-refractivity contribution in [2.45, 2.75) is 66.9 Å². The van der Waals surface area contributed by atoms with Crippen LogP contribution in [0.25, 0.3) is 0 Å². The van der Waals surface area contributed by atoms with Crippen LogP contribution in [-0.2, 0) is 14.8 Å². The summed E-state index contributed by atoms with van der Waals surface area (Å²) < 4.78 is 33.3. The zero-order valence-corrected chi connectivity index (χ0v) is 20.7. The van der Waals surface area contributed by atoms with Crippen molar-refractivity contribution in [3.05, 3.63) is 54.1 Å². The molecule has 0 aromatic heterocycles. The second-order valence-corrected chi connectivity index (χ2v) is 11.8. The third kappa shape index (κ3) is 5.98. The summed E-state index contributed by atoms with van der Waals surface area (Å²) in [7, 11) is -1.88. The molecule has 1 saturated carbocycles. The molecule has 4 rings (SSSR count). The standard InChI is InChI=1S/C25H32N2O4S2/c1-27(20-8-3-2-4-9-20)33(29,30)22-15-13-19(14-16-22)26-25(28)23-11-5-6-12-24(23)32-18-21-10-7-17-31-21/h5-6,11-16,20-21H,2-4,7-10,17-18H2,1H3,(H,26,28). The van der Waals surface area contributed by atoms with Gasteiger partial charge >= 0.3 is 0 Å². The fourth-order valence-corrected chi connectivity index (χ4v) is 6.99. The van der Waals surface area contributed by atoms with Crippen molar-refractivity contribution in [2.75, 3.05) is 24.7 Å². The minimum Gasteiger partial charge on any atom is -0.377 e. The summed E-state index contributed by atoms with van der Waals surface area (Å²) in [5.41, 5.74) is 1.17. The van der Waals surface area contributed by atoms with Gasteiger partial charge in [0.2, 0.25) is 10.0 Å². The first kappa shape index (κ1) is 24.3. The third-order valence-electron chi connectivity index (χ3n) is 6.46. The molecule has 1 atom stereocenters. The fraction of sp³-hybridized carbons (Fsp3) is 0.480. The molecule has 1 unspecified atom stereocenters. The lowest BCUT2D eigenvalue weighted by Gasteiger charge is -2.30. The molecule has 0 bridgehead atoms. The maximum Gasteiger partial charge on any atom is 0.256 e. The maximum atomic E-state index is 13.0. The van der Waals surface area contributed by atoms with Gasteiger partial charge in [-0.2, -0.15) is 4.31 Å². The van der Waals surface area contributed by atoms with Crippen LogP contribution in [0.5, 0.6) is 0 Å². The molecule has 1 aliphatic carbocycles. The lowest BCUT2D eigenvalue weighted by atomic mass is 9.96. The number of thioether (sulfide) groups is 1. The summed E-state index contributed by atoms with van der Waals surface area (Å²) in [5, 5.41) is 2.91. The molecule has 6 nitrogen and oxygen atoms in total. The van der Waals surface area contributed by atoms with Gasteiger partial charge in [0, 0.05) is 36.0 Å². The average Bonchev–Trinajstić information content (AvgIpc) is 3.37. The number of benzene rings is 2. The average molecular weight is 489 g/mol. The summed E-state index contributed by atoms with van der Waals surface area (Å²) in [5.74, 6) is 0.617. The largest absolute Gasteiger partial charge is 0.377 e. The Morgan fingerprint density at radius 3 is 2.45 bits per heavy atom. The van der Waals surface area contributed by atoms with E-state index < -0.39 is 10.0 Å². The predicted octanol–water partition coefficient (Wildman–Crippen LogP) is 5.16. The first-order chi connectivity index (χ1) is 15.9. The number of hydrogen-bond donors (Lipinski definition) is 1. The molecule has 2 aromatic carbocycles. The van der Waals surface area contributed by atoms with E-state index in [1.54, 1.807) is 43.1 Å². The van der Waals surface area contributed by atoms with Gasteiger partial charge in [-0.25, -0.2) is 8.42 Å². The fourth-order valence-electron chi connectivity index (χ4n) is 4.45. The molecule has 1 heterocycles. The van der Waals surface area contributed by atoms with Crippen molar-refractivity contribution in [2.24, 2.45) is 0 Å². The lowest BCUT2D eigenvalue weighted by molar-refractivity contribution is 0.102. The molecule has 0 radical (unpaired) electrons. The molecule has 1 saturated heterocycles. The number of nitrogens with one attached hydrogen (secondary N) is 1. The Morgan fingerprint density at radius 1 is 1.03 bits per heavy atom. The van der Waals surface area contributed by atoms with Gasteiger partial charge in [-0.1, -0.05) is 31.4 Å². The van der Waals surface area contributed by atoms with Gasteiger partial charge < -0.3 is 10.1 Å². The van der Waals surface area contributed by atoms with Gasteiger partial charge in [-0.15, -0.1) is 11.8 Å². The molecular formula is C25H32N2O4S2. The zero-order chi connectivity index (χ0) is 23.3. The predicted molar refractivity (Wildman–Crippen MR) is 132 cm³/mol. The normalized spacial score (nSPS) is 19.6. The van der Waals surface area contributed by atoms with Crippen LogP contribution in [0.15, 0.2) is 58.3 Å². The van der Waals surface area contributed by atoms with Gasteiger partial charge in [0.25, 0.3) is 5.91 Å². The second kappa shape index (κ2) is 11.0. The molecular weight excluding hydrogens is 456 g/mol. The second-order valence-electron chi connectivity index (χ2n) is 8.73. The van der Waals surface area contributed by atoms with Crippen LogP contribution >= 0.6 is 11.8 Å². The van der Waals surface area contributed by atoms with Crippen molar-refractivity contribution >= 4 is 33.4 Å². The molecule has 178 valence electrons. The van der Waals surface area contributed by atoms with E-state index in [0.29, 0.717) is 11.3 Å². The Labute approximate surface area is 201 Å². The Hall–Kier alpha value is -1.87. The molecule has 1 aliphatic heterocycles. The van der Waals surface area contributed by atoms with E-state index in [1.807, 2.05) is 24.3 Å². The summed E-state index contributed by atoms with van der Waals surface area (Å²) in [6.07, 6.45) is 7.54. The van der Waals surface area contributed by atoms with Crippen LogP contribution in [0.2, 0.25) is 0 Å². The first-order valence-electron chi connectivity index (χ1n) is 11.7. The van der Waals surface area contributed by atoms with E-state index in [0.717, 1.165) is 55.8 Å². The molecule has 8 heteroatoms. The summed E-state index contributed by atoms with van der Waals surface area (Å²) in [6, 6.07) is 14.1. The van der Waals surface area contributed by atoms with Gasteiger partial charge in [-0.3, -0.25) is 4.79 Å². The third-order valence-corrected chi connectivity index (χ3v) is 9.59. The monoisotopic (exact) mass is 488 g/mol. The van der Waals surface area contributed by atoms with E-state index in [1.165, 1.54) is 10.7 Å². The number of ether oxygens (including phenoxy) is 1. The summed E-state index contributed by atoms with van der Waals surface area (Å²) >= 11 is 1.64. The number of amides is 1. The highest BCUT2D eigenvalue weighted by Crippen LogP contribution is 2.29. The lowest BCUT2D eigenvalue weighted by Crippen LogP contribution is -2.38. The van der Waals surface area contributed by atoms with E-state index in [-0.39, 0.29) is 22.9 Å². The Morgan fingerprint density at radius 2 is 1.76 bits per heavy atom. The molecule has 1 amide bonds. The van der Waals surface area contributed by atoms with Gasteiger partial charge in [-0.05, 0) is 62.1 Å². The summed E-state index contributed by atoms with van der Waals surface area (Å²) in [6.45, 7) is 0.815. The molecule has 0 spiro atoms. The Kier molecular flexibility index (Phi) is 8.11. The van der Waals surface area contributed by atoms with Crippen LogP contribution in [0.1, 0.15) is 55.3 Å². The van der Waals surface area contributed by atoms with Crippen molar-refractivity contribution < 1.29 is 17.9 Å². The van der Waals surface area contributed by atoms with E-state index in [4.69, 9.17) is 4.74 Å². The number of carbonyl (C=O) groups excluding carboxylic acids is 1. The van der Waals surface area contributed by atoms with Crippen molar-refractivity contribution in [3.8, 4) is 0 Å². The molecule has 2 aliphatic rings. The minimum atomic E-state index is -3.55. The van der Waals surface area contributed by atoms with Crippen LogP contribution in [-0.4, -0.2) is 50.2 Å². The van der Waals surface area contributed by atoms with E-state index in [2.05, 4.69) is 5.32 Å². The van der Waals surface area contributed by atoms with Crippen LogP contribution in [0.4, 0.5) is 5.69 Å². The summed E-state index contributed by atoms with van der Waals surface area (Å²) in [4.78, 5) is 14.1. The first-order valence-corrected chi connectivity index (χ1v) is 14.1. The zero-order valence-electron chi connectivity index (χ0n) is 19.0.